The zero-order valence-electron chi connectivity index (χ0n) is 11.2. The van der Waals surface area contributed by atoms with Crippen LogP contribution in [0, 0.1) is 3.57 Å². The maximum absolute atomic E-state index is 6.15. The Balaban J connectivity index is 2.36. The van der Waals surface area contributed by atoms with Crippen molar-refractivity contribution in [2.45, 2.75) is 13.5 Å². The number of hydrogen-bond acceptors (Lipinski definition) is 4. The molecular formula is C14H14ClIN2O2. The highest BCUT2D eigenvalue weighted by molar-refractivity contribution is 14.1. The van der Waals surface area contributed by atoms with Crippen LogP contribution in [0.2, 0.25) is 5.15 Å². The lowest BCUT2D eigenvalue weighted by Gasteiger charge is -2.08. The molecule has 2 aromatic rings. The first kappa shape index (κ1) is 15.5. The van der Waals surface area contributed by atoms with Crippen LogP contribution in [0.4, 0.5) is 0 Å². The summed E-state index contributed by atoms with van der Waals surface area (Å²) in [6.45, 7) is 3.00. The van der Waals surface area contributed by atoms with Crippen molar-refractivity contribution in [2.75, 3.05) is 13.7 Å². The summed E-state index contributed by atoms with van der Waals surface area (Å²) in [5.41, 5.74) is 1.68. The highest BCUT2D eigenvalue weighted by Crippen LogP contribution is 2.25. The number of ether oxygens (including phenoxy) is 2. The van der Waals surface area contributed by atoms with Gasteiger partial charge in [-0.05, 0) is 53.8 Å². The van der Waals surface area contributed by atoms with Gasteiger partial charge >= 0.3 is 0 Å². The molecule has 4 nitrogen and oxygen atoms in total. The maximum Gasteiger partial charge on any atom is 0.161 e. The number of nitrogens with zero attached hydrogens (tertiary/aromatic N) is 2. The van der Waals surface area contributed by atoms with Gasteiger partial charge < -0.3 is 9.47 Å². The molecule has 1 heterocycles. The second-order valence-corrected chi connectivity index (χ2v) is 5.43. The first-order valence-corrected chi connectivity index (χ1v) is 7.55. The van der Waals surface area contributed by atoms with E-state index in [1.165, 1.54) is 0 Å². The summed E-state index contributed by atoms with van der Waals surface area (Å²) in [7, 11) is 1.63. The molecule has 0 N–H and O–H groups in total. The van der Waals surface area contributed by atoms with Crippen LogP contribution in [-0.4, -0.2) is 23.7 Å². The Bertz CT molecular complexity index is 590. The number of aromatic nitrogens is 2. The highest BCUT2D eigenvalue weighted by atomic mass is 127. The Morgan fingerprint density at radius 1 is 1.20 bits per heavy atom. The maximum atomic E-state index is 6.15. The van der Waals surface area contributed by atoms with Gasteiger partial charge in [0.25, 0.3) is 0 Å². The number of benzene rings is 1. The van der Waals surface area contributed by atoms with Crippen molar-refractivity contribution < 1.29 is 9.47 Å². The lowest BCUT2D eigenvalue weighted by atomic mass is 10.2. The fraction of sp³-hybridized carbons (Fsp3) is 0.286. The topological polar surface area (TPSA) is 44.2 Å². The first-order valence-electron chi connectivity index (χ1n) is 6.09. The summed E-state index contributed by atoms with van der Waals surface area (Å²) in [4.78, 5) is 8.81. The molecule has 1 aromatic heterocycles. The van der Waals surface area contributed by atoms with Gasteiger partial charge in [0.1, 0.15) is 10.9 Å². The van der Waals surface area contributed by atoms with Crippen LogP contribution < -0.4 is 4.74 Å². The third-order valence-electron chi connectivity index (χ3n) is 2.58. The Hall–Kier alpha value is -0.920. The smallest absolute Gasteiger partial charge is 0.161 e. The molecule has 0 saturated carbocycles. The summed E-state index contributed by atoms with van der Waals surface area (Å²) in [5, 5.41) is 0.441. The Morgan fingerprint density at radius 2 is 1.90 bits per heavy atom. The molecule has 106 valence electrons. The Labute approximate surface area is 136 Å². The van der Waals surface area contributed by atoms with Gasteiger partial charge in [0, 0.05) is 12.7 Å². The van der Waals surface area contributed by atoms with E-state index in [-0.39, 0.29) is 0 Å². The first-order chi connectivity index (χ1) is 9.65. The average Bonchev–Trinajstić information content (AvgIpc) is 2.45. The van der Waals surface area contributed by atoms with Gasteiger partial charge in [0.05, 0.1) is 22.5 Å². The minimum atomic E-state index is 0.407. The minimum absolute atomic E-state index is 0.407. The van der Waals surface area contributed by atoms with Gasteiger partial charge in [-0.25, -0.2) is 9.97 Å². The fourth-order valence-corrected chi connectivity index (χ4v) is 2.28. The zero-order chi connectivity index (χ0) is 14.5. The lowest BCUT2D eigenvalue weighted by molar-refractivity contribution is 0.181. The Morgan fingerprint density at radius 3 is 2.50 bits per heavy atom. The van der Waals surface area contributed by atoms with E-state index in [1.807, 2.05) is 31.2 Å². The van der Waals surface area contributed by atoms with Crippen LogP contribution in [-0.2, 0) is 11.3 Å². The van der Waals surface area contributed by atoms with Crippen LogP contribution in [0.25, 0.3) is 11.4 Å². The average molecular weight is 405 g/mol. The molecule has 0 aliphatic carbocycles. The predicted octanol–water partition coefficient (Wildman–Crippen LogP) is 3.95. The SMILES string of the molecule is CCOc1ccc(-c2nc(Cl)c(I)c(COC)n2)cc1. The summed E-state index contributed by atoms with van der Waals surface area (Å²) >= 11 is 8.27. The van der Waals surface area contributed by atoms with Gasteiger partial charge in [0.2, 0.25) is 0 Å². The monoisotopic (exact) mass is 404 g/mol. The van der Waals surface area contributed by atoms with E-state index < -0.39 is 0 Å². The van der Waals surface area contributed by atoms with E-state index >= 15 is 0 Å². The molecule has 2 rings (SSSR count). The lowest BCUT2D eigenvalue weighted by Crippen LogP contribution is -2.02. The van der Waals surface area contributed by atoms with Crippen molar-refractivity contribution in [3.63, 3.8) is 0 Å². The molecule has 0 aliphatic heterocycles. The van der Waals surface area contributed by atoms with Crippen LogP contribution in [0.3, 0.4) is 0 Å². The van der Waals surface area contributed by atoms with Gasteiger partial charge in [-0.3, -0.25) is 0 Å². The van der Waals surface area contributed by atoms with Crippen LogP contribution in [0.5, 0.6) is 5.75 Å². The second-order valence-electron chi connectivity index (χ2n) is 3.99. The molecule has 1 aromatic carbocycles. The summed E-state index contributed by atoms with van der Waals surface area (Å²) in [6, 6.07) is 7.62. The molecule has 0 aliphatic rings. The molecule has 20 heavy (non-hydrogen) atoms. The quantitative estimate of drug-likeness (QED) is 0.559. The van der Waals surface area contributed by atoms with E-state index in [2.05, 4.69) is 32.6 Å². The van der Waals surface area contributed by atoms with Gasteiger partial charge in [0.15, 0.2) is 5.82 Å². The predicted molar refractivity (Wildman–Crippen MR) is 87.1 cm³/mol. The van der Waals surface area contributed by atoms with Crippen molar-refractivity contribution in [2.24, 2.45) is 0 Å². The van der Waals surface area contributed by atoms with Gasteiger partial charge in [-0.1, -0.05) is 11.6 Å². The van der Waals surface area contributed by atoms with Crippen molar-refractivity contribution in [3.8, 4) is 17.1 Å². The summed E-state index contributed by atoms with van der Waals surface area (Å²) in [5.74, 6) is 1.41. The molecule has 0 saturated heterocycles. The van der Waals surface area contributed by atoms with E-state index in [4.69, 9.17) is 21.1 Å². The largest absolute Gasteiger partial charge is 0.494 e. The highest BCUT2D eigenvalue weighted by Gasteiger charge is 2.12. The third-order valence-corrected chi connectivity index (χ3v) is 4.31. The minimum Gasteiger partial charge on any atom is -0.494 e. The molecular weight excluding hydrogens is 391 g/mol. The molecule has 0 spiro atoms. The van der Waals surface area contributed by atoms with Gasteiger partial charge in [-0.2, -0.15) is 0 Å². The standard InChI is InChI=1S/C14H14ClIN2O2/c1-3-20-10-6-4-9(5-7-10)14-17-11(8-19-2)12(16)13(15)18-14/h4-7H,3,8H2,1-2H3. The van der Waals surface area contributed by atoms with Crippen molar-refractivity contribution in [3.05, 3.63) is 38.7 Å². The van der Waals surface area contributed by atoms with Crippen LogP contribution >= 0.6 is 34.2 Å². The van der Waals surface area contributed by atoms with E-state index in [9.17, 15) is 0 Å². The second kappa shape index (κ2) is 7.19. The Kier molecular flexibility index (Phi) is 5.56. The molecule has 0 amide bonds. The normalized spacial score (nSPS) is 10.6. The number of rotatable bonds is 5. The van der Waals surface area contributed by atoms with Crippen LogP contribution in [0.15, 0.2) is 24.3 Å². The molecule has 6 heteroatoms. The molecule has 0 unspecified atom stereocenters. The van der Waals surface area contributed by atoms with Crippen LogP contribution in [0.1, 0.15) is 12.6 Å². The molecule has 0 fully saturated rings. The number of hydrogen-bond donors (Lipinski definition) is 0. The van der Waals surface area contributed by atoms with Crippen molar-refractivity contribution in [1.82, 2.24) is 9.97 Å². The molecule has 0 radical (unpaired) electrons. The summed E-state index contributed by atoms with van der Waals surface area (Å²) < 4.78 is 11.4. The van der Waals surface area contributed by atoms with Crippen molar-refractivity contribution >= 4 is 34.2 Å². The third kappa shape index (κ3) is 3.59. The molecule has 0 bridgehead atoms. The zero-order valence-corrected chi connectivity index (χ0v) is 14.1. The number of methoxy groups -OCH3 is 1. The van der Waals surface area contributed by atoms with Crippen molar-refractivity contribution in [1.29, 1.82) is 0 Å². The van der Waals surface area contributed by atoms with Gasteiger partial charge in [-0.15, -0.1) is 0 Å². The number of halogens is 2. The van der Waals surface area contributed by atoms with E-state index in [0.717, 1.165) is 20.6 Å². The fourth-order valence-electron chi connectivity index (χ4n) is 1.69. The molecule has 0 atom stereocenters. The summed E-state index contributed by atoms with van der Waals surface area (Å²) in [6.07, 6.45) is 0. The van der Waals surface area contributed by atoms with E-state index in [0.29, 0.717) is 24.2 Å². The van der Waals surface area contributed by atoms with E-state index in [1.54, 1.807) is 7.11 Å².